The zero-order valence-corrected chi connectivity index (χ0v) is 13.3. The lowest BCUT2D eigenvalue weighted by molar-refractivity contribution is -0.315. The molecule has 2 rings (SSSR count). The fraction of sp³-hybridized carbons (Fsp3) is 0.800. The number of hydrogen-bond donors (Lipinski definition) is 5. The monoisotopic (exact) mass is 332 g/mol. The second-order valence-corrected chi connectivity index (χ2v) is 6.83. The van der Waals surface area contributed by atoms with Gasteiger partial charge in [0.2, 0.25) is 0 Å². The van der Waals surface area contributed by atoms with E-state index < -0.39 is 48.8 Å². The summed E-state index contributed by atoms with van der Waals surface area (Å²) in [6, 6.07) is 0. The Morgan fingerprint density at radius 1 is 1.22 bits per heavy atom. The Labute approximate surface area is 134 Å². The third-order valence-corrected chi connectivity index (χ3v) is 4.48. The Kier molecular flexibility index (Phi) is 5.15. The summed E-state index contributed by atoms with van der Waals surface area (Å²) in [5.74, 6) is -0.764. The van der Waals surface area contributed by atoms with Crippen molar-refractivity contribution in [3.63, 3.8) is 0 Å². The van der Waals surface area contributed by atoms with Gasteiger partial charge in [-0.05, 0) is 6.92 Å². The van der Waals surface area contributed by atoms with Gasteiger partial charge in [-0.2, -0.15) is 0 Å². The first-order valence-corrected chi connectivity index (χ1v) is 7.49. The summed E-state index contributed by atoms with van der Waals surface area (Å²) in [6.07, 6.45) is -7.62. The number of Topliss-reactive ketones (excluding diaryl/α,β-unsaturated/α-hetero) is 1. The molecule has 8 nitrogen and oxygen atoms in total. The standard InChI is InChI=1S/C15H24O8/c1-6-9(18)7(17)4-15(2,3)13(6)23-14-12(21)11(20)10(19)8(5-16)22-14/h8,10-14,16,18-21H,4-5H2,1-3H3/t8-,10-,11+,12-,13+,14+/m1/s1. The molecule has 1 aliphatic heterocycles. The molecule has 0 unspecified atom stereocenters. The summed E-state index contributed by atoms with van der Waals surface area (Å²) in [4.78, 5) is 11.8. The van der Waals surface area contributed by atoms with Gasteiger partial charge in [0.05, 0.1) is 12.7 Å². The van der Waals surface area contributed by atoms with E-state index in [4.69, 9.17) is 9.47 Å². The zero-order chi connectivity index (χ0) is 17.5. The molecule has 2 aliphatic rings. The van der Waals surface area contributed by atoms with E-state index in [0.717, 1.165) is 0 Å². The number of aliphatic hydroxyl groups excluding tert-OH is 5. The van der Waals surface area contributed by atoms with Gasteiger partial charge in [0.25, 0.3) is 0 Å². The molecule has 1 aliphatic carbocycles. The first kappa shape index (κ1) is 18.3. The van der Waals surface area contributed by atoms with E-state index >= 15 is 0 Å². The highest BCUT2D eigenvalue weighted by Crippen LogP contribution is 2.40. The molecule has 1 heterocycles. The van der Waals surface area contributed by atoms with Crippen molar-refractivity contribution in [3.8, 4) is 0 Å². The Morgan fingerprint density at radius 2 is 1.83 bits per heavy atom. The van der Waals surface area contributed by atoms with Gasteiger partial charge in [0, 0.05) is 17.4 Å². The van der Waals surface area contributed by atoms with Crippen molar-refractivity contribution in [1.29, 1.82) is 0 Å². The molecular weight excluding hydrogens is 308 g/mol. The van der Waals surface area contributed by atoms with Crippen LogP contribution in [-0.4, -0.2) is 74.7 Å². The van der Waals surface area contributed by atoms with Crippen LogP contribution in [0.3, 0.4) is 0 Å². The highest BCUT2D eigenvalue weighted by molar-refractivity contribution is 5.95. The number of ether oxygens (including phenoxy) is 2. The number of hydrogen-bond acceptors (Lipinski definition) is 8. The molecule has 1 fully saturated rings. The van der Waals surface area contributed by atoms with Crippen molar-refractivity contribution in [1.82, 2.24) is 0 Å². The molecule has 0 bridgehead atoms. The number of ketones is 1. The molecule has 0 amide bonds. The van der Waals surface area contributed by atoms with Crippen LogP contribution >= 0.6 is 0 Å². The van der Waals surface area contributed by atoms with Crippen molar-refractivity contribution in [2.24, 2.45) is 5.41 Å². The maximum atomic E-state index is 11.8. The minimum atomic E-state index is -1.54. The van der Waals surface area contributed by atoms with E-state index in [1.807, 2.05) is 0 Å². The van der Waals surface area contributed by atoms with Gasteiger partial charge >= 0.3 is 0 Å². The SMILES string of the molecule is CC1=C(O)C(=O)CC(C)(C)[C@H]1O[C@@H]1O[C@H](CO)[C@@H](O)[C@H](O)[C@H]1O. The highest BCUT2D eigenvalue weighted by Gasteiger charge is 2.48. The van der Waals surface area contributed by atoms with Crippen molar-refractivity contribution in [2.45, 2.75) is 64.0 Å². The van der Waals surface area contributed by atoms with Crippen LogP contribution in [0, 0.1) is 5.41 Å². The van der Waals surface area contributed by atoms with Crippen LogP contribution < -0.4 is 0 Å². The van der Waals surface area contributed by atoms with Gasteiger partial charge in [0.15, 0.2) is 17.8 Å². The Morgan fingerprint density at radius 3 is 2.39 bits per heavy atom. The predicted molar refractivity (Wildman–Crippen MR) is 77.4 cm³/mol. The molecule has 0 spiro atoms. The summed E-state index contributed by atoms with van der Waals surface area (Å²) in [7, 11) is 0. The average Bonchev–Trinajstić information content (AvgIpc) is 2.48. The summed E-state index contributed by atoms with van der Waals surface area (Å²) in [5, 5.41) is 48.7. The molecule has 0 radical (unpaired) electrons. The second kappa shape index (κ2) is 6.46. The smallest absolute Gasteiger partial charge is 0.197 e. The van der Waals surface area contributed by atoms with Crippen molar-refractivity contribution in [2.75, 3.05) is 6.61 Å². The van der Waals surface area contributed by atoms with E-state index in [0.29, 0.717) is 5.57 Å². The van der Waals surface area contributed by atoms with E-state index in [1.165, 1.54) is 0 Å². The van der Waals surface area contributed by atoms with Crippen molar-refractivity contribution >= 4 is 5.78 Å². The van der Waals surface area contributed by atoms with Crippen molar-refractivity contribution < 1.29 is 39.8 Å². The van der Waals surface area contributed by atoms with Crippen LogP contribution in [0.1, 0.15) is 27.2 Å². The van der Waals surface area contributed by atoms with E-state index in [2.05, 4.69) is 0 Å². The zero-order valence-electron chi connectivity index (χ0n) is 13.3. The fourth-order valence-electron chi connectivity index (χ4n) is 3.12. The van der Waals surface area contributed by atoms with Gasteiger partial charge in [-0.3, -0.25) is 4.79 Å². The van der Waals surface area contributed by atoms with Crippen LogP contribution in [0.2, 0.25) is 0 Å². The molecular formula is C15H24O8. The van der Waals surface area contributed by atoms with Crippen LogP contribution in [0.15, 0.2) is 11.3 Å². The molecule has 6 atom stereocenters. The van der Waals surface area contributed by atoms with Gasteiger partial charge < -0.3 is 35.0 Å². The quantitative estimate of drug-likeness (QED) is 0.444. The molecule has 23 heavy (non-hydrogen) atoms. The van der Waals surface area contributed by atoms with Gasteiger partial charge in [-0.15, -0.1) is 0 Å². The van der Waals surface area contributed by atoms with E-state index in [1.54, 1.807) is 20.8 Å². The normalized spacial score (nSPS) is 41.3. The van der Waals surface area contributed by atoms with Gasteiger partial charge in [-0.25, -0.2) is 0 Å². The maximum Gasteiger partial charge on any atom is 0.197 e. The number of carbonyl (C=O) groups excluding carboxylic acids is 1. The summed E-state index contributed by atoms with van der Waals surface area (Å²) in [6.45, 7) is 4.53. The largest absolute Gasteiger partial charge is 0.504 e. The number of aliphatic hydroxyl groups is 5. The molecule has 0 saturated carbocycles. The topological polar surface area (TPSA) is 137 Å². The fourth-order valence-corrected chi connectivity index (χ4v) is 3.12. The molecule has 0 aromatic heterocycles. The minimum Gasteiger partial charge on any atom is -0.504 e. The minimum absolute atomic E-state index is 0.0538. The molecule has 8 heteroatoms. The Balaban J connectivity index is 2.24. The molecule has 0 aromatic rings. The summed E-state index contributed by atoms with van der Waals surface area (Å²) >= 11 is 0. The number of rotatable bonds is 3. The summed E-state index contributed by atoms with van der Waals surface area (Å²) < 4.78 is 11.0. The first-order valence-electron chi connectivity index (χ1n) is 7.49. The van der Waals surface area contributed by atoms with Gasteiger partial charge in [0.1, 0.15) is 24.4 Å². The van der Waals surface area contributed by atoms with E-state index in [9.17, 15) is 30.3 Å². The first-order chi connectivity index (χ1) is 10.6. The third-order valence-electron chi connectivity index (χ3n) is 4.48. The predicted octanol–water partition coefficient (Wildman–Crippen LogP) is -0.997. The molecule has 132 valence electrons. The third kappa shape index (κ3) is 3.28. The lowest BCUT2D eigenvalue weighted by Crippen LogP contribution is -2.60. The molecule has 0 aromatic carbocycles. The van der Waals surface area contributed by atoms with Crippen LogP contribution in [-0.2, 0) is 14.3 Å². The lowest BCUT2D eigenvalue weighted by Gasteiger charge is -2.44. The average molecular weight is 332 g/mol. The van der Waals surface area contributed by atoms with Crippen LogP contribution in [0.5, 0.6) is 0 Å². The lowest BCUT2D eigenvalue weighted by atomic mass is 9.73. The Hall–Kier alpha value is -1.03. The number of carbonyl (C=O) groups is 1. The maximum absolute atomic E-state index is 11.8. The highest BCUT2D eigenvalue weighted by atomic mass is 16.7. The Bertz CT molecular complexity index is 498. The van der Waals surface area contributed by atoms with Gasteiger partial charge in [-0.1, -0.05) is 13.8 Å². The van der Waals surface area contributed by atoms with Crippen LogP contribution in [0.25, 0.3) is 0 Å². The van der Waals surface area contributed by atoms with Crippen LogP contribution in [0.4, 0.5) is 0 Å². The molecule has 5 N–H and O–H groups in total. The van der Waals surface area contributed by atoms with E-state index in [-0.39, 0.29) is 18.0 Å². The number of allylic oxidation sites excluding steroid dienone is 1. The molecule has 1 saturated heterocycles. The summed E-state index contributed by atoms with van der Waals surface area (Å²) in [5.41, 5.74) is -0.352. The second-order valence-electron chi connectivity index (χ2n) is 6.83. The van der Waals surface area contributed by atoms with Crippen molar-refractivity contribution in [3.05, 3.63) is 11.3 Å².